The van der Waals surface area contributed by atoms with Crippen molar-refractivity contribution in [1.82, 2.24) is 4.98 Å². The topological polar surface area (TPSA) is 85.2 Å². The molecule has 0 radical (unpaired) electrons. The molecule has 0 spiro atoms. The second kappa shape index (κ2) is 9.08. The molecule has 3 N–H and O–H groups in total. The van der Waals surface area contributed by atoms with Gasteiger partial charge in [0.2, 0.25) is 5.91 Å². The molecule has 26 heavy (non-hydrogen) atoms. The van der Waals surface area contributed by atoms with Gasteiger partial charge >= 0.3 is 5.91 Å². The highest BCUT2D eigenvalue weighted by atomic mass is 16.2. The van der Waals surface area contributed by atoms with E-state index in [1.54, 1.807) is 0 Å². The predicted octanol–water partition coefficient (Wildman–Crippen LogP) is 3.27. The Labute approximate surface area is 154 Å². The van der Waals surface area contributed by atoms with Gasteiger partial charge in [0.05, 0.1) is 5.69 Å². The molecule has 0 aromatic carbocycles. The van der Waals surface area contributed by atoms with Crippen LogP contribution in [0.3, 0.4) is 0 Å². The summed E-state index contributed by atoms with van der Waals surface area (Å²) in [7, 11) is 0. The lowest BCUT2D eigenvalue weighted by Gasteiger charge is -2.06. The van der Waals surface area contributed by atoms with Gasteiger partial charge in [-0.25, -0.2) is 20.1 Å². The van der Waals surface area contributed by atoms with Crippen LogP contribution in [-0.4, -0.2) is 16.8 Å². The number of pyridine rings is 2. The van der Waals surface area contributed by atoms with Crippen molar-refractivity contribution in [2.75, 3.05) is 10.6 Å². The lowest BCUT2D eigenvalue weighted by molar-refractivity contribution is -0.370. The first-order valence-corrected chi connectivity index (χ1v) is 8.87. The van der Waals surface area contributed by atoms with Crippen molar-refractivity contribution in [1.29, 1.82) is 0 Å². The highest BCUT2D eigenvalue weighted by Gasteiger charge is 2.11. The van der Waals surface area contributed by atoms with E-state index < -0.39 is 0 Å². The number of carbonyl (C=O) groups excluding carboxylic acids is 2. The zero-order chi connectivity index (χ0) is 19.1. The van der Waals surface area contributed by atoms with E-state index >= 15 is 0 Å². The summed E-state index contributed by atoms with van der Waals surface area (Å²) < 4.78 is 0. The van der Waals surface area contributed by atoms with Gasteiger partial charge in [0.15, 0.2) is 0 Å². The highest BCUT2D eigenvalue weighted by Crippen LogP contribution is 2.11. The van der Waals surface area contributed by atoms with Gasteiger partial charge < -0.3 is 5.32 Å². The molecule has 0 aliphatic carbocycles. The van der Waals surface area contributed by atoms with Crippen LogP contribution in [0.25, 0.3) is 0 Å². The molecule has 2 amide bonds. The number of H-pyrrole nitrogens is 1. The maximum Gasteiger partial charge on any atom is 0.307 e. The Hall–Kier alpha value is -2.76. The van der Waals surface area contributed by atoms with Gasteiger partial charge in [0.25, 0.3) is 5.82 Å². The quantitative estimate of drug-likeness (QED) is 0.748. The van der Waals surface area contributed by atoms with Gasteiger partial charge in [-0.1, -0.05) is 0 Å². The number of aromatic nitrogens is 2. The first-order chi connectivity index (χ1) is 12.3. The summed E-state index contributed by atoms with van der Waals surface area (Å²) >= 11 is 0. The van der Waals surface area contributed by atoms with Gasteiger partial charge in [-0.2, -0.15) is 0 Å². The third kappa shape index (κ3) is 6.63. The molecule has 0 bridgehead atoms. The van der Waals surface area contributed by atoms with E-state index in [2.05, 4.69) is 20.6 Å². The van der Waals surface area contributed by atoms with Crippen molar-refractivity contribution in [2.45, 2.75) is 53.4 Å². The molecule has 138 valence electrons. The van der Waals surface area contributed by atoms with E-state index in [9.17, 15) is 9.59 Å². The molecule has 0 atom stereocenters. The van der Waals surface area contributed by atoms with Gasteiger partial charge in [0, 0.05) is 24.6 Å². The van der Waals surface area contributed by atoms with Crippen LogP contribution in [0.2, 0.25) is 0 Å². The third-order valence-corrected chi connectivity index (χ3v) is 3.85. The second-order valence-electron chi connectivity index (χ2n) is 6.73. The van der Waals surface area contributed by atoms with E-state index in [0.717, 1.165) is 22.5 Å². The number of hydrogen-bond acceptors (Lipinski definition) is 3. The molecule has 0 fully saturated rings. The summed E-state index contributed by atoms with van der Waals surface area (Å²) in [5.74, 6) is 1.15. The largest absolute Gasteiger partial charge is 0.311 e. The highest BCUT2D eigenvalue weighted by molar-refractivity contribution is 5.90. The molecule has 0 aliphatic rings. The number of nitrogens with one attached hydrogen (secondary N) is 3. The molecule has 0 unspecified atom stereocenters. The minimum absolute atomic E-state index is 0.0531. The Morgan fingerprint density at radius 2 is 1.50 bits per heavy atom. The fourth-order valence-electron chi connectivity index (χ4n) is 2.86. The van der Waals surface area contributed by atoms with Crippen LogP contribution < -0.4 is 15.6 Å². The monoisotopic (exact) mass is 355 g/mol. The standard InChI is InChI=1S/C20H26N4O2/c1-13-9-15(3)21-17(11-13)23-19(25)7-5-6-8-20(26)24-18-12-14(2)10-16(4)22-18/h9-12H,5-8H2,1-4H3,(H,21,23,25)(H,22,24,26)/p+1. The Balaban J connectivity index is 1.70. The van der Waals surface area contributed by atoms with Crippen molar-refractivity contribution < 1.29 is 14.6 Å². The smallest absolute Gasteiger partial charge is 0.307 e. The summed E-state index contributed by atoms with van der Waals surface area (Å²) in [5, 5.41) is 5.67. The van der Waals surface area contributed by atoms with Crippen LogP contribution in [0.5, 0.6) is 0 Å². The fourth-order valence-corrected chi connectivity index (χ4v) is 2.86. The molecule has 0 saturated carbocycles. The SMILES string of the molecule is Cc1cc(C)nc(NC(=O)CCCCC(=O)Nc2cc(C)cc(C)[nH+]2)c1. The third-order valence-electron chi connectivity index (χ3n) is 3.85. The minimum Gasteiger partial charge on any atom is -0.311 e. The summed E-state index contributed by atoms with van der Waals surface area (Å²) in [5.41, 5.74) is 4.03. The van der Waals surface area contributed by atoms with Crippen molar-refractivity contribution in [3.8, 4) is 0 Å². The molecule has 0 saturated heterocycles. The molecule has 6 nitrogen and oxygen atoms in total. The van der Waals surface area contributed by atoms with Gasteiger partial charge in [-0.05, 0) is 69.9 Å². The lowest BCUT2D eigenvalue weighted by atomic mass is 10.1. The van der Waals surface area contributed by atoms with Crippen LogP contribution in [0.4, 0.5) is 11.6 Å². The number of hydrogen-bond donors (Lipinski definition) is 2. The summed E-state index contributed by atoms with van der Waals surface area (Å²) in [6.07, 6.45) is 2.07. The van der Waals surface area contributed by atoms with Crippen molar-refractivity contribution in [2.24, 2.45) is 0 Å². The zero-order valence-corrected chi connectivity index (χ0v) is 15.9. The van der Waals surface area contributed by atoms with Crippen molar-refractivity contribution in [3.05, 3.63) is 46.8 Å². The van der Waals surface area contributed by atoms with Crippen LogP contribution >= 0.6 is 0 Å². The van der Waals surface area contributed by atoms with E-state index in [1.165, 1.54) is 0 Å². The number of carbonyl (C=O) groups is 2. The van der Waals surface area contributed by atoms with Crippen LogP contribution in [-0.2, 0) is 9.59 Å². The maximum absolute atomic E-state index is 12.0. The number of unbranched alkanes of at least 4 members (excludes halogenated alkanes) is 1. The van der Waals surface area contributed by atoms with E-state index in [1.807, 2.05) is 52.0 Å². The molecule has 2 heterocycles. The second-order valence-corrected chi connectivity index (χ2v) is 6.73. The Bertz CT molecular complexity index is 694. The summed E-state index contributed by atoms with van der Waals surface area (Å²) in [6, 6.07) is 7.72. The number of aryl methyl sites for hydroxylation is 4. The first-order valence-electron chi connectivity index (χ1n) is 8.87. The molecule has 2 aromatic heterocycles. The Kier molecular flexibility index (Phi) is 6.83. The maximum atomic E-state index is 12.0. The number of anilines is 2. The summed E-state index contributed by atoms with van der Waals surface area (Å²) in [4.78, 5) is 31.4. The van der Waals surface area contributed by atoms with E-state index in [0.29, 0.717) is 37.3 Å². The fraction of sp³-hybridized carbons (Fsp3) is 0.400. The average Bonchev–Trinajstić information content (AvgIpc) is 2.49. The first kappa shape index (κ1) is 19.6. The number of amides is 2. The zero-order valence-electron chi connectivity index (χ0n) is 15.9. The molecule has 6 heteroatoms. The van der Waals surface area contributed by atoms with Crippen LogP contribution in [0.15, 0.2) is 24.3 Å². The van der Waals surface area contributed by atoms with E-state index in [-0.39, 0.29) is 11.8 Å². The van der Waals surface area contributed by atoms with Crippen LogP contribution in [0.1, 0.15) is 48.2 Å². The lowest BCUT2D eigenvalue weighted by Crippen LogP contribution is -2.21. The molecule has 0 aliphatic heterocycles. The van der Waals surface area contributed by atoms with Gasteiger partial charge in [0.1, 0.15) is 5.82 Å². The molecule has 2 aromatic rings. The number of rotatable bonds is 7. The average molecular weight is 355 g/mol. The van der Waals surface area contributed by atoms with Gasteiger partial charge in [-0.3, -0.25) is 4.79 Å². The van der Waals surface area contributed by atoms with E-state index in [4.69, 9.17) is 0 Å². The minimum atomic E-state index is -0.0782. The normalized spacial score (nSPS) is 10.5. The summed E-state index contributed by atoms with van der Waals surface area (Å²) in [6.45, 7) is 7.80. The van der Waals surface area contributed by atoms with Gasteiger partial charge in [-0.15, -0.1) is 0 Å². The Morgan fingerprint density at radius 1 is 0.885 bits per heavy atom. The molecule has 2 rings (SSSR count). The van der Waals surface area contributed by atoms with Crippen molar-refractivity contribution in [3.63, 3.8) is 0 Å². The van der Waals surface area contributed by atoms with Crippen LogP contribution in [0, 0.1) is 27.7 Å². The molecular weight excluding hydrogens is 328 g/mol. The molecular formula is C20H27N4O2+. The van der Waals surface area contributed by atoms with Crippen molar-refractivity contribution >= 4 is 23.5 Å². The predicted molar refractivity (Wildman–Crippen MR) is 102 cm³/mol. The number of aromatic amines is 1. The number of nitrogens with zero attached hydrogens (tertiary/aromatic N) is 1. The Morgan fingerprint density at radius 3 is 2.12 bits per heavy atom.